The number of aliphatic imine (C=N–C) groups is 1. The molecule has 0 spiro atoms. The van der Waals surface area contributed by atoms with E-state index < -0.39 is 0 Å². The first-order chi connectivity index (χ1) is 13.9. The fraction of sp³-hybridized carbons (Fsp3) is 0.619. The predicted molar refractivity (Wildman–Crippen MR) is 122 cm³/mol. The molecule has 1 aliphatic rings. The first kappa shape index (κ1) is 23.8. The van der Waals surface area contributed by atoms with E-state index in [1.54, 1.807) is 0 Å². The summed E-state index contributed by atoms with van der Waals surface area (Å²) in [6.45, 7) is 10.7. The van der Waals surface area contributed by atoms with Gasteiger partial charge in [0.05, 0.1) is 16.6 Å². The molecule has 0 aromatic heterocycles. The lowest BCUT2D eigenvalue weighted by Gasteiger charge is -2.33. The van der Waals surface area contributed by atoms with Crippen molar-refractivity contribution >= 4 is 35.1 Å². The number of halogens is 2. The van der Waals surface area contributed by atoms with Gasteiger partial charge in [-0.2, -0.15) is 0 Å². The Kier molecular flexibility index (Phi) is 10.0. The predicted octanol–water partition coefficient (Wildman–Crippen LogP) is 3.29. The van der Waals surface area contributed by atoms with Crippen molar-refractivity contribution < 1.29 is 4.79 Å². The van der Waals surface area contributed by atoms with Crippen molar-refractivity contribution in [3.05, 3.63) is 33.8 Å². The maximum Gasteiger partial charge on any atom is 0.222 e. The van der Waals surface area contributed by atoms with Crippen molar-refractivity contribution in [3.8, 4) is 0 Å². The van der Waals surface area contributed by atoms with Crippen molar-refractivity contribution in [2.45, 2.75) is 46.2 Å². The van der Waals surface area contributed by atoms with E-state index in [2.05, 4.69) is 32.8 Å². The molecule has 0 bridgehead atoms. The molecule has 0 unspecified atom stereocenters. The highest BCUT2D eigenvalue weighted by Gasteiger charge is 2.20. The van der Waals surface area contributed by atoms with Crippen LogP contribution < -0.4 is 16.0 Å². The van der Waals surface area contributed by atoms with Crippen LogP contribution in [0.5, 0.6) is 0 Å². The van der Waals surface area contributed by atoms with Gasteiger partial charge in [-0.1, -0.05) is 43.1 Å². The third-order valence-corrected chi connectivity index (χ3v) is 5.61. The smallest absolute Gasteiger partial charge is 0.222 e. The van der Waals surface area contributed by atoms with E-state index in [-0.39, 0.29) is 11.8 Å². The average molecular weight is 442 g/mol. The van der Waals surface area contributed by atoms with Crippen LogP contribution in [0.1, 0.15) is 39.2 Å². The summed E-state index contributed by atoms with van der Waals surface area (Å²) in [6, 6.07) is 6.23. The number of amides is 1. The Balaban J connectivity index is 1.76. The van der Waals surface area contributed by atoms with E-state index in [9.17, 15) is 4.79 Å². The third-order valence-electron chi connectivity index (χ3n) is 4.87. The highest BCUT2D eigenvalue weighted by molar-refractivity contribution is 6.42. The molecule has 2 rings (SSSR count). The number of guanidine groups is 1. The van der Waals surface area contributed by atoms with Crippen molar-refractivity contribution in [2.75, 3.05) is 32.7 Å². The standard InChI is InChI=1S/C21H33Cl2N5O/c1-4-24-21(26-10-9-25-20(29)15(2)3)27-17-7-11-28(12-8-17)14-16-5-6-18(22)19(23)13-16/h5-6,13,15,17H,4,7-12,14H2,1-3H3,(H,25,29)(H2,24,26,27). The summed E-state index contributed by atoms with van der Waals surface area (Å²) in [6.07, 6.45) is 2.10. The van der Waals surface area contributed by atoms with Gasteiger partial charge in [-0.05, 0) is 37.5 Å². The fourth-order valence-corrected chi connectivity index (χ4v) is 3.52. The quantitative estimate of drug-likeness (QED) is 0.328. The second-order valence-corrected chi connectivity index (χ2v) is 8.46. The van der Waals surface area contributed by atoms with E-state index in [1.807, 2.05) is 32.0 Å². The lowest BCUT2D eigenvalue weighted by Crippen LogP contribution is -2.48. The van der Waals surface area contributed by atoms with E-state index in [0.29, 0.717) is 29.2 Å². The first-order valence-corrected chi connectivity index (χ1v) is 11.1. The van der Waals surface area contributed by atoms with Gasteiger partial charge in [-0.3, -0.25) is 14.7 Å². The SMILES string of the molecule is CCNC(=NCCNC(=O)C(C)C)NC1CCN(Cc2ccc(Cl)c(Cl)c2)CC1. The van der Waals surface area contributed by atoms with Crippen LogP contribution in [0.4, 0.5) is 0 Å². The Hall–Kier alpha value is -1.50. The Morgan fingerprint density at radius 1 is 1.21 bits per heavy atom. The van der Waals surface area contributed by atoms with Crippen LogP contribution in [0, 0.1) is 5.92 Å². The summed E-state index contributed by atoms with van der Waals surface area (Å²) in [5, 5.41) is 10.9. The van der Waals surface area contributed by atoms with Crippen molar-refractivity contribution in [2.24, 2.45) is 10.9 Å². The Morgan fingerprint density at radius 3 is 2.55 bits per heavy atom. The zero-order valence-electron chi connectivity index (χ0n) is 17.6. The fourth-order valence-electron chi connectivity index (χ4n) is 3.20. The van der Waals surface area contributed by atoms with Gasteiger partial charge in [-0.25, -0.2) is 0 Å². The van der Waals surface area contributed by atoms with E-state index in [0.717, 1.165) is 45.0 Å². The van der Waals surface area contributed by atoms with Crippen molar-refractivity contribution in [1.29, 1.82) is 0 Å². The molecular formula is C21H33Cl2N5O. The normalized spacial score (nSPS) is 16.1. The summed E-state index contributed by atoms with van der Waals surface area (Å²) in [5.41, 5.74) is 1.18. The van der Waals surface area contributed by atoms with E-state index in [1.165, 1.54) is 5.56 Å². The van der Waals surface area contributed by atoms with Crippen LogP contribution in [0.2, 0.25) is 10.0 Å². The minimum Gasteiger partial charge on any atom is -0.357 e. The maximum absolute atomic E-state index is 11.6. The molecular weight excluding hydrogens is 409 g/mol. The molecule has 1 heterocycles. The number of nitrogens with zero attached hydrogens (tertiary/aromatic N) is 2. The largest absolute Gasteiger partial charge is 0.357 e. The number of carbonyl (C=O) groups excluding carboxylic acids is 1. The summed E-state index contributed by atoms with van der Waals surface area (Å²) in [4.78, 5) is 18.6. The number of nitrogens with one attached hydrogen (secondary N) is 3. The van der Waals surface area contributed by atoms with Crippen LogP contribution >= 0.6 is 23.2 Å². The van der Waals surface area contributed by atoms with Gasteiger partial charge < -0.3 is 16.0 Å². The molecule has 1 aromatic carbocycles. The molecule has 1 aromatic rings. The topological polar surface area (TPSA) is 68.8 Å². The molecule has 0 saturated carbocycles. The minimum atomic E-state index is -0.000533. The average Bonchev–Trinajstić information content (AvgIpc) is 2.69. The van der Waals surface area contributed by atoms with Crippen LogP contribution in [0.25, 0.3) is 0 Å². The number of likely N-dealkylation sites (tertiary alicyclic amines) is 1. The molecule has 29 heavy (non-hydrogen) atoms. The summed E-state index contributed by atoms with van der Waals surface area (Å²) in [7, 11) is 0. The number of hydrogen-bond donors (Lipinski definition) is 3. The lowest BCUT2D eigenvalue weighted by molar-refractivity contribution is -0.123. The number of rotatable bonds is 8. The second kappa shape index (κ2) is 12.3. The van der Waals surface area contributed by atoms with Crippen LogP contribution in [0.15, 0.2) is 23.2 Å². The second-order valence-electron chi connectivity index (χ2n) is 7.65. The molecule has 1 saturated heterocycles. The molecule has 3 N–H and O–H groups in total. The molecule has 8 heteroatoms. The van der Waals surface area contributed by atoms with Crippen molar-refractivity contribution in [1.82, 2.24) is 20.9 Å². The number of carbonyl (C=O) groups is 1. The number of benzene rings is 1. The van der Waals surface area contributed by atoms with Gasteiger partial charge in [0.15, 0.2) is 5.96 Å². The van der Waals surface area contributed by atoms with Gasteiger partial charge in [0, 0.05) is 44.7 Å². The Bertz CT molecular complexity index is 688. The Labute approximate surface area is 184 Å². The highest BCUT2D eigenvalue weighted by atomic mass is 35.5. The van der Waals surface area contributed by atoms with E-state index in [4.69, 9.17) is 23.2 Å². The van der Waals surface area contributed by atoms with Gasteiger partial charge >= 0.3 is 0 Å². The molecule has 0 aliphatic carbocycles. The molecule has 162 valence electrons. The molecule has 0 radical (unpaired) electrons. The Morgan fingerprint density at radius 2 is 1.93 bits per heavy atom. The summed E-state index contributed by atoms with van der Waals surface area (Å²) in [5.74, 6) is 0.876. The monoisotopic (exact) mass is 441 g/mol. The van der Waals surface area contributed by atoms with E-state index >= 15 is 0 Å². The highest BCUT2D eigenvalue weighted by Crippen LogP contribution is 2.24. The molecule has 1 aliphatic heterocycles. The first-order valence-electron chi connectivity index (χ1n) is 10.4. The number of piperidine rings is 1. The molecule has 0 atom stereocenters. The van der Waals surface area contributed by atoms with Crippen molar-refractivity contribution in [3.63, 3.8) is 0 Å². The molecule has 6 nitrogen and oxygen atoms in total. The van der Waals surface area contributed by atoms with Gasteiger partial charge in [0.2, 0.25) is 5.91 Å². The zero-order valence-corrected chi connectivity index (χ0v) is 19.1. The molecule has 1 fully saturated rings. The van der Waals surface area contributed by atoms with Gasteiger partial charge in [0.25, 0.3) is 0 Å². The zero-order chi connectivity index (χ0) is 21.2. The van der Waals surface area contributed by atoms with Gasteiger partial charge in [-0.15, -0.1) is 0 Å². The molecule has 1 amide bonds. The van der Waals surface area contributed by atoms with Gasteiger partial charge in [0.1, 0.15) is 0 Å². The lowest BCUT2D eigenvalue weighted by atomic mass is 10.0. The van der Waals surface area contributed by atoms with Crippen LogP contribution in [-0.2, 0) is 11.3 Å². The minimum absolute atomic E-state index is 0.000533. The third kappa shape index (κ3) is 8.41. The van der Waals surface area contributed by atoms with Crippen LogP contribution in [0.3, 0.4) is 0 Å². The number of hydrogen-bond acceptors (Lipinski definition) is 3. The summed E-state index contributed by atoms with van der Waals surface area (Å²) < 4.78 is 0. The summed E-state index contributed by atoms with van der Waals surface area (Å²) >= 11 is 12.1. The van der Waals surface area contributed by atoms with Crippen LogP contribution in [-0.4, -0.2) is 55.5 Å². The maximum atomic E-state index is 11.6.